The molecule has 9 heteroatoms. The molecule has 1 atom stereocenters. The van der Waals surface area contributed by atoms with Crippen LogP contribution in [0.2, 0.25) is 5.02 Å². The van der Waals surface area contributed by atoms with Crippen LogP contribution in [0.5, 0.6) is 5.75 Å². The number of carbonyl (C=O) groups is 3. The standard InChI is InChI=1S/C28H32ClN3O4S/c1-16(2)31-27(35)23-15-37-28(32-23)19-8-6-18(7-9-19)12-21(26(34)30-5)14-24(33)20-10-11-25(22(29)13-20)36-17(3)4/h6-11,13,15-17,21H,12,14H2,1-5H3,(H,30,34)(H,31,35)/t21-/m1/s1. The van der Waals surface area contributed by atoms with E-state index in [-0.39, 0.29) is 36.2 Å². The highest BCUT2D eigenvalue weighted by Crippen LogP contribution is 2.28. The van der Waals surface area contributed by atoms with E-state index >= 15 is 0 Å². The summed E-state index contributed by atoms with van der Waals surface area (Å²) in [6.45, 7) is 7.60. The highest BCUT2D eigenvalue weighted by molar-refractivity contribution is 7.13. The zero-order valence-corrected chi connectivity index (χ0v) is 23.2. The average molecular weight is 542 g/mol. The van der Waals surface area contributed by atoms with Crippen molar-refractivity contribution in [3.63, 3.8) is 0 Å². The van der Waals surface area contributed by atoms with Gasteiger partial charge in [0.05, 0.1) is 11.1 Å². The molecule has 0 radical (unpaired) electrons. The van der Waals surface area contributed by atoms with Gasteiger partial charge >= 0.3 is 0 Å². The zero-order chi connectivity index (χ0) is 27.1. The number of ketones is 1. The Balaban J connectivity index is 1.70. The topological polar surface area (TPSA) is 97.4 Å². The summed E-state index contributed by atoms with van der Waals surface area (Å²) < 4.78 is 5.63. The molecule has 2 aromatic carbocycles. The van der Waals surface area contributed by atoms with Crippen molar-refractivity contribution in [2.24, 2.45) is 5.92 Å². The van der Waals surface area contributed by atoms with Crippen molar-refractivity contribution < 1.29 is 19.1 Å². The van der Waals surface area contributed by atoms with E-state index in [1.165, 1.54) is 11.3 Å². The number of halogens is 1. The second kappa shape index (κ2) is 12.8. The molecule has 2 amide bonds. The Morgan fingerprint density at radius 2 is 1.76 bits per heavy atom. The maximum absolute atomic E-state index is 13.0. The molecule has 3 rings (SSSR count). The fourth-order valence-corrected chi connectivity index (χ4v) is 4.77. The first-order valence-corrected chi connectivity index (χ1v) is 13.4. The number of ether oxygens (including phenoxy) is 1. The molecule has 0 spiro atoms. The maximum atomic E-state index is 13.0. The van der Waals surface area contributed by atoms with Crippen LogP contribution in [0.15, 0.2) is 47.8 Å². The van der Waals surface area contributed by atoms with E-state index in [2.05, 4.69) is 15.6 Å². The third kappa shape index (κ3) is 7.87. The third-order valence-electron chi connectivity index (χ3n) is 5.51. The van der Waals surface area contributed by atoms with Gasteiger partial charge in [0.25, 0.3) is 5.91 Å². The number of thiazole rings is 1. The molecule has 1 aromatic heterocycles. The van der Waals surface area contributed by atoms with Gasteiger partial charge < -0.3 is 15.4 Å². The lowest BCUT2D eigenvalue weighted by Gasteiger charge is -2.16. The summed E-state index contributed by atoms with van der Waals surface area (Å²) in [7, 11) is 1.56. The van der Waals surface area contributed by atoms with Crippen LogP contribution in [0.1, 0.15) is 60.5 Å². The van der Waals surface area contributed by atoms with Crippen LogP contribution in [-0.2, 0) is 11.2 Å². The van der Waals surface area contributed by atoms with Crippen LogP contribution in [-0.4, -0.2) is 41.8 Å². The molecule has 7 nitrogen and oxygen atoms in total. The first-order chi connectivity index (χ1) is 17.6. The van der Waals surface area contributed by atoms with Crippen molar-refractivity contribution in [3.05, 3.63) is 69.7 Å². The molecule has 0 saturated heterocycles. The molecule has 2 N–H and O–H groups in total. The highest BCUT2D eigenvalue weighted by Gasteiger charge is 2.23. The molecule has 196 valence electrons. The Labute approximate surface area is 226 Å². The van der Waals surface area contributed by atoms with E-state index in [4.69, 9.17) is 16.3 Å². The summed E-state index contributed by atoms with van der Waals surface area (Å²) in [5, 5.41) is 8.34. The van der Waals surface area contributed by atoms with Crippen molar-refractivity contribution in [2.45, 2.75) is 52.7 Å². The minimum absolute atomic E-state index is 0.0346. The molecule has 0 aliphatic carbocycles. The molecular formula is C28H32ClN3O4S. The smallest absolute Gasteiger partial charge is 0.270 e. The number of amides is 2. The summed E-state index contributed by atoms with van der Waals surface area (Å²) in [6.07, 6.45) is 0.404. The van der Waals surface area contributed by atoms with Crippen LogP contribution in [0.3, 0.4) is 0 Å². The number of carbonyl (C=O) groups excluding carboxylic acids is 3. The van der Waals surface area contributed by atoms with Gasteiger partial charge in [0, 0.05) is 41.9 Å². The molecular weight excluding hydrogens is 510 g/mol. The van der Waals surface area contributed by atoms with Gasteiger partial charge in [-0.25, -0.2) is 4.98 Å². The van der Waals surface area contributed by atoms with Gasteiger partial charge in [0.15, 0.2) is 5.78 Å². The Hall–Kier alpha value is -3.23. The Bertz CT molecular complexity index is 1250. The highest BCUT2D eigenvalue weighted by atomic mass is 35.5. The van der Waals surface area contributed by atoms with Gasteiger partial charge in [0.1, 0.15) is 16.5 Å². The summed E-state index contributed by atoms with van der Waals surface area (Å²) >= 11 is 7.69. The number of benzene rings is 2. The summed E-state index contributed by atoms with van der Waals surface area (Å²) in [5.41, 5.74) is 2.62. The number of hydrogen-bond acceptors (Lipinski definition) is 6. The van der Waals surface area contributed by atoms with Gasteiger partial charge in [0.2, 0.25) is 5.91 Å². The van der Waals surface area contributed by atoms with Gasteiger partial charge in [-0.15, -0.1) is 11.3 Å². The number of nitrogens with zero attached hydrogens (tertiary/aromatic N) is 1. The van der Waals surface area contributed by atoms with E-state index < -0.39 is 5.92 Å². The number of hydrogen-bond donors (Lipinski definition) is 2. The zero-order valence-electron chi connectivity index (χ0n) is 21.6. The largest absolute Gasteiger partial charge is 0.489 e. The predicted molar refractivity (Wildman–Crippen MR) is 148 cm³/mol. The molecule has 0 aliphatic rings. The Morgan fingerprint density at radius 3 is 2.35 bits per heavy atom. The lowest BCUT2D eigenvalue weighted by Crippen LogP contribution is -2.30. The first kappa shape index (κ1) is 28.3. The lowest BCUT2D eigenvalue weighted by molar-refractivity contribution is -0.124. The lowest BCUT2D eigenvalue weighted by atomic mass is 9.91. The molecule has 0 bridgehead atoms. The van der Waals surface area contributed by atoms with Crippen molar-refractivity contribution >= 4 is 40.5 Å². The molecule has 37 heavy (non-hydrogen) atoms. The van der Waals surface area contributed by atoms with Crippen LogP contribution >= 0.6 is 22.9 Å². The SMILES string of the molecule is CNC(=O)[C@@H](CC(=O)c1ccc(OC(C)C)c(Cl)c1)Cc1ccc(-c2nc(C(=O)NC(C)C)cs2)cc1. The molecule has 0 aliphatic heterocycles. The van der Waals surface area contributed by atoms with Crippen molar-refractivity contribution in [1.29, 1.82) is 0 Å². The van der Waals surface area contributed by atoms with Gasteiger partial charge in [-0.05, 0) is 57.9 Å². The predicted octanol–water partition coefficient (Wildman–Crippen LogP) is 5.57. The average Bonchev–Trinajstić information content (AvgIpc) is 3.34. The third-order valence-corrected chi connectivity index (χ3v) is 6.69. The van der Waals surface area contributed by atoms with Crippen molar-refractivity contribution in [1.82, 2.24) is 15.6 Å². The first-order valence-electron chi connectivity index (χ1n) is 12.1. The maximum Gasteiger partial charge on any atom is 0.270 e. The number of nitrogens with one attached hydrogen (secondary N) is 2. The molecule has 0 unspecified atom stereocenters. The minimum Gasteiger partial charge on any atom is -0.489 e. The van der Waals surface area contributed by atoms with E-state index in [0.29, 0.717) is 28.5 Å². The normalized spacial score (nSPS) is 11.9. The van der Waals surface area contributed by atoms with E-state index in [1.807, 2.05) is 52.0 Å². The quantitative estimate of drug-likeness (QED) is 0.309. The Kier molecular flexibility index (Phi) is 9.83. The Morgan fingerprint density at radius 1 is 1.05 bits per heavy atom. The second-order valence-corrected chi connectivity index (χ2v) is 10.6. The molecule has 3 aromatic rings. The van der Waals surface area contributed by atoms with Crippen LogP contribution in [0.25, 0.3) is 10.6 Å². The van der Waals surface area contributed by atoms with Crippen molar-refractivity contribution in [2.75, 3.05) is 7.05 Å². The van der Waals surface area contributed by atoms with Gasteiger partial charge in [-0.1, -0.05) is 35.9 Å². The van der Waals surface area contributed by atoms with Crippen molar-refractivity contribution in [3.8, 4) is 16.3 Å². The molecule has 0 saturated carbocycles. The molecule has 1 heterocycles. The van der Waals surface area contributed by atoms with Crippen LogP contribution in [0.4, 0.5) is 0 Å². The van der Waals surface area contributed by atoms with E-state index in [9.17, 15) is 14.4 Å². The van der Waals surface area contributed by atoms with Gasteiger partial charge in [-0.2, -0.15) is 0 Å². The fourth-order valence-electron chi connectivity index (χ4n) is 3.74. The monoisotopic (exact) mass is 541 g/mol. The summed E-state index contributed by atoms with van der Waals surface area (Å²) in [6, 6.07) is 12.6. The fraction of sp³-hybridized carbons (Fsp3) is 0.357. The summed E-state index contributed by atoms with van der Waals surface area (Å²) in [4.78, 5) is 42.2. The number of aromatic nitrogens is 1. The van der Waals surface area contributed by atoms with Crippen LogP contribution < -0.4 is 15.4 Å². The number of Topliss-reactive ketones (excluding diaryl/α,β-unsaturated/α-hetero) is 1. The van der Waals surface area contributed by atoms with Gasteiger partial charge in [-0.3, -0.25) is 14.4 Å². The minimum atomic E-state index is -0.542. The summed E-state index contributed by atoms with van der Waals surface area (Å²) in [5.74, 6) is -0.596. The molecule has 0 fully saturated rings. The second-order valence-electron chi connectivity index (χ2n) is 9.32. The van der Waals surface area contributed by atoms with Crippen LogP contribution in [0, 0.1) is 5.92 Å². The van der Waals surface area contributed by atoms with E-state index in [0.717, 1.165) is 16.1 Å². The van der Waals surface area contributed by atoms with E-state index in [1.54, 1.807) is 30.6 Å². The number of rotatable bonds is 11.